The molecule has 0 radical (unpaired) electrons. The normalized spacial score (nSPS) is 14.3. The monoisotopic (exact) mass is 262 g/mol. The fourth-order valence-electron chi connectivity index (χ4n) is 1.85. The lowest BCUT2D eigenvalue weighted by molar-refractivity contribution is -0.142. The Morgan fingerprint density at radius 2 is 1.83 bits per heavy atom. The molecule has 0 saturated carbocycles. The summed E-state index contributed by atoms with van der Waals surface area (Å²) in [7, 11) is 0. The third-order valence-electron chi connectivity index (χ3n) is 3.30. The predicted molar refractivity (Wildman–Crippen MR) is 72.1 cm³/mol. The molecule has 3 nitrogen and oxygen atoms in total. The number of benzene rings is 1. The average molecular weight is 262 g/mol. The van der Waals surface area contributed by atoms with Crippen molar-refractivity contribution in [3.05, 3.63) is 35.2 Å². The van der Waals surface area contributed by atoms with E-state index in [0.29, 0.717) is 5.56 Å². The summed E-state index contributed by atoms with van der Waals surface area (Å²) in [5, 5.41) is 11.7. The van der Waals surface area contributed by atoms with Crippen LogP contribution in [0.1, 0.15) is 24.2 Å². The van der Waals surface area contributed by atoms with Gasteiger partial charge in [0.2, 0.25) is 0 Å². The summed E-state index contributed by atoms with van der Waals surface area (Å²) >= 11 is 1.51. The van der Waals surface area contributed by atoms with Crippen molar-refractivity contribution < 1.29 is 14.7 Å². The van der Waals surface area contributed by atoms with Crippen molar-refractivity contribution in [3.63, 3.8) is 0 Å². The Morgan fingerprint density at radius 3 is 2.50 bits per heavy atom. The molecule has 1 aromatic heterocycles. The standard InChI is InChI=1S/C14H14O3S/c1-8(9(2)14(16)17)13(15)11-7-18-12-6-4-3-5-10(11)12/h3-9H,1-2H3,(H,16,17). The van der Waals surface area contributed by atoms with Gasteiger partial charge in [-0.25, -0.2) is 0 Å². The van der Waals surface area contributed by atoms with Crippen molar-refractivity contribution in [3.8, 4) is 0 Å². The molecule has 1 aromatic carbocycles. The van der Waals surface area contributed by atoms with Crippen LogP contribution < -0.4 is 0 Å². The van der Waals surface area contributed by atoms with Gasteiger partial charge in [-0.05, 0) is 6.07 Å². The van der Waals surface area contributed by atoms with Gasteiger partial charge in [0.15, 0.2) is 5.78 Å². The van der Waals surface area contributed by atoms with Crippen molar-refractivity contribution >= 4 is 33.2 Å². The van der Waals surface area contributed by atoms with Gasteiger partial charge < -0.3 is 5.11 Å². The fraction of sp³-hybridized carbons (Fsp3) is 0.286. The lowest BCUT2D eigenvalue weighted by Gasteiger charge is -2.14. The number of fused-ring (bicyclic) bond motifs is 1. The van der Waals surface area contributed by atoms with Crippen LogP contribution in [0.5, 0.6) is 0 Å². The summed E-state index contributed by atoms with van der Waals surface area (Å²) < 4.78 is 1.05. The minimum absolute atomic E-state index is 0.0950. The van der Waals surface area contributed by atoms with Gasteiger partial charge in [-0.15, -0.1) is 11.3 Å². The topological polar surface area (TPSA) is 54.4 Å². The van der Waals surface area contributed by atoms with Gasteiger partial charge in [0.05, 0.1) is 5.92 Å². The van der Waals surface area contributed by atoms with Crippen molar-refractivity contribution in [1.29, 1.82) is 0 Å². The van der Waals surface area contributed by atoms with E-state index >= 15 is 0 Å². The molecule has 2 rings (SSSR count). The highest BCUT2D eigenvalue weighted by molar-refractivity contribution is 7.17. The second-order valence-corrected chi connectivity index (χ2v) is 5.34. The highest BCUT2D eigenvalue weighted by atomic mass is 32.1. The number of rotatable bonds is 4. The Bertz CT molecular complexity index is 600. The molecule has 1 heterocycles. The largest absolute Gasteiger partial charge is 0.481 e. The van der Waals surface area contributed by atoms with Crippen molar-refractivity contribution in [2.45, 2.75) is 13.8 Å². The van der Waals surface area contributed by atoms with Crippen molar-refractivity contribution in [2.24, 2.45) is 11.8 Å². The molecule has 0 aliphatic rings. The van der Waals surface area contributed by atoms with Gasteiger partial charge in [0.25, 0.3) is 0 Å². The van der Waals surface area contributed by atoms with Crippen LogP contribution in [0.15, 0.2) is 29.6 Å². The number of carbonyl (C=O) groups excluding carboxylic acids is 1. The Balaban J connectivity index is 2.37. The van der Waals surface area contributed by atoms with E-state index in [-0.39, 0.29) is 5.78 Å². The third-order valence-corrected chi connectivity index (χ3v) is 4.26. The smallest absolute Gasteiger partial charge is 0.306 e. The molecule has 18 heavy (non-hydrogen) atoms. The number of hydrogen-bond acceptors (Lipinski definition) is 3. The summed E-state index contributed by atoms with van der Waals surface area (Å²) in [6, 6.07) is 7.67. The third kappa shape index (κ3) is 2.16. The highest BCUT2D eigenvalue weighted by Crippen LogP contribution is 2.29. The van der Waals surface area contributed by atoms with E-state index in [0.717, 1.165) is 10.1 Å². The second-order valence-electron chi connectivity index (χ2n) is 4.43. The van der Waals surface area contributed by atoms with Crippen LogP contribution in [-0.2, 0) is 4.79 Å². The zero-order valence-corrected chi connectivity index (χ0v) is 11.0. The van der Waals surface area contributed by atoms with Crippen molar-refractivity contribution in [1.82, 2.24) is 0 Å². The van der Waals surface area contributed by atoms with Gasteiger partial charge in [0.1, 0.15) is 0 Å². The summed E-state index contributed by atoms with van der Waals surface area (Å²) in [5.74, 6) is -2.21. The van der Waals surface area contributed by atoms with Crippen LogP contribution in [0.4, 0.5) is 0 Å². The minimum Gasteiger partial charge on any atom is -0.481 e. The SMILES string of the molecule is CC(C(=O)O)C(C)C(=O)c1csc2ccccc12. The molecule has 2 unspecified atom stereocenters. The van der Waals surface area contributed by atoms with Crippen LogP contribution in [0.25, 0.3) is 10.1 Å². The molecule has 2 aromatic rings. The van der Waals surface area contributed by atoms with E-state index in [1.54, 1.807) is 13.8 Å². The Hall–Kier alpha value is -1.68. The number of hydrogen-bond donors (Lipinski definition) is 1. The molecule has 0 amide bonds. The summed E-state index contributed by atoms with van der Waals surface area (Å²) in [4.78, 5) is 23.2. The van der Waals surface area contributed by atoms with Crippen LogP contribution in [0.3, 0.4) is 0 Å². The average Bonchev–Trinajstić information content (AvgIpc) is 2.79. The maximum Gasteiger partial charge on any atom is 0.306 e. The molecule has 1 N–H and O–H groups in total. The van der Waals surface area contributed by atoms with Crippen LogP contribution in [-0.4, -0.2) is 16.9 Å². The number of carbonyl (C=O) groups is 2. The van der Waals surface area contributed by atoms with Crippen LogP contribution in [0.2, 0.25) is 0 Å². The van der Waals surface area contributed by atoms with Gasteiger partial charge in [-0.2, -0.15) is 0 Å². The number of ketones is 1. The maximum atomic E-state index is 12.3. The van der Waals surface area contributed by atoms with E-state index in [9.17, 15) is 9.59 Å². The molecule has 0 saturated heterocycles. The summed E-state index contributed by atoms with van der Waals surface area (Å²) in [6.07, 6.45) is 0. The first-order valence-electron chi connectivity index (χ1n) is 5.75. The van der Waals surface area contributed by atoms with Crippen molar-refractivity contribution in [2.75, 3.05) is 0 Å². The first kappa shape index (κ1) is 12.8. The molecular formula is C14H14O3S. The minimum atomic E-state index is -0.935. The van der Waals surface area contributed by atoms with E-state index in [1.807, 2.05) is 29.6 Å². The van der Waals surface area contributed by atoms with Crippen LogP contribution in [0, 0.1) is 11.8 Å². The Labute approximate surface area is 109 Å². The van der Waals surface area contributed by atoms with E-state index < -0.39 is 17.8 Å². The lowest BCUT2D eigenvalue weighted by atomic mass is 9.88. The van der Waals surface area contributed by atoms with Crippen LogP contribution >= 0.6 is 11.3 Å². The first-order valence-corrected chi connectivity index (χ1v) is 6.63. The molecule has 0 spiro atoms. The summed E-state index contributed by atoms with van der Waals surface area (Å²) in [6.45, 7) is 3.24. The van der Waals surface area contributed by atoms with E-state index in [1.165, 1.54) is 11.3 Å². The molecule has 94 valence electrons. The highest BCUT2D eigenvalue weighted by Gasteiger charge is 2.27. The molecule has 0 aliphatic heterocycles. The molecular weight excluding hydrogens is 248 g/mol. The number of thiophene rings is 1. The summed E-state index contributed by atoms with van der Waals surface area (Å²) in [5.41, 5.74) is 0.635. The molecule has 2 atom stereocenters. The number of carboxylic acids is 1. The maximum absolute atomic E-state index is 12.3. The van der Waals surface area contributed by atoms with E-state index in [4.69, 9.17) is 5.11 Å². The Morgan fingerprint density at radius 1 is 1.17 bits per heavy atom. The molecule has 0 aliphatic carbocycles. The number of carboxylic acid groups (broad SMARTS) is 1. The number of aliphatic carboxylic acids is 1. The zero-order valence-electron chi connectivity index (χ0n) is 10.2. The van der Waals surface area contributed by atoms with Gasteiger partial charge in [-0.1, -0.05) is 32.0 Å². The molecule has 0 bridgehead atoms. The van der Waals surface area contributed by atoms with Gasteiger partial charge in [-0.3, -0.25) is 9.59 Å². The second kappa shape index (κ2) is 4.90. The van der Waals surface area contributed by atoms with E-state index in [2.05, 4.69) is 0 Å². The predicted octanol–water partition coefficient (Wildman–Crippen LogP) is 3.44. The van der Waals surface area contributed by atoms with Gasteiger partial charge in [0, 0.05) is 26.9 Å². The number of Topliss-reactive ketones (excluding diaryl/α,β-unsaturated/α-hetero) is 1. The zero-order chi connectivity index (χ0) is 13.3. The quantitative estimate of drug-likeness (QED) is 0.859. The van der Waals surface area contributed by atoms with Gasteiger partial charge >= 0.3 is 5.97 Å². The Kier molecular flexibility index (Phi) is 3.48. The fourth-order valence-corrected chi connectivity index (χ4v) is 2.80. The molecule has 0 fully saturated rings. The lowest BCUT2D eigenvalue weighted by Crippen LogP contribution is -2.25. The first-order chi connectivity index (χ1) is 8.52. The molecule has 4 heteroatoms.